The first kappa shape index (κ1) is 21.4. The van der Waals surface area contributed by atoms with Crippen LogP contribution in [-0.4, -0.2) is 57.2 Å². The zero-order valence-corrected chi connectivity index (χ0v) is 19.9. The summed E-state index contributed by atoms with van der Waals surface area (Å²) in [5, 5.41) is 33.8. The van der Waals surface area contributed by atoms with Crippen molar-refractivity contribution in [3.8, 4) is 0 Å². The third kappa shape index (κ3) is 2.93. The van der Waals surface area contributed by atoms with Crippen LogP contribution in [0.5, 0.6) is 0 Å². The van der Waals surface area contributed by atoms with E-state index in [2.05, 4.69) is 25.7 Å². The molecular weight excluding hydrogens is 386 g/mol. The molecule has 13 atom stereocenters. The molecule has 2 aliphatic heterocycles. The molecule has 2 heterocycles. The van der Waals surface area contributed by atoms with Crippen molar-refractivity contribution in [1.29, 1.82) is 0 Å². The third-order valence-electron chi connectivity index (χ3n) is 12.1. The van der Waals surface area contributed by atoms with Gasteiger partial charge in [0.25, 0.3) is 0 Å². The summed E-state index contributed by atoms with van der Waals surface area (Å²) in [6, 6.07) is 0.760. The van der Waals surface area contributed by atoms with Crippen molar-refractivity contribution in [2.24, 2.45) is 52.8 Å². The molecule has 4 heteroatoms. The molecule has 13 unspecified atom stereocenters. The van der Waals surface area contributed by atoms with Gasteiger partial charge in [-0.2, -0.15) is 0 Å². The molecule has 2 saturated heterocycles. The lowest BCUT2D eigenvalue weighted by molar-refractivity contribution is -0.176. The van der Waals surface area contributed by atoms with Gasteiger partial charge < -0.3 is 15.3 Å². The van der Waals surface area contributed by atoms with E-state index >= 15 is 0 Å². The predicted octanol–water partition coefficient (Wildman–Crippen LogP) is 3.68. The lowest BCUT2D eigenvalue weighted by Gasteiger charge is -2.59. The Morgan fingerprint density at radius 1 is 0.774 bits per heavy atom. The minimum Gasteiger partial charge on any atom is -0.393 e. The molecule has 31 heavy (non-hydrogen) atoms. The molecule has 0 aromatic heterocycles. The highest BCUT2D eigenvalue weighted by Gasteiger charge is 2.67. The van der Waals surface area contributed by atoms with Crippen molar-refractivity contribution < 1.29 is 15.3 Å². The highest BCUT2D eigenvalue weighted by Crippen LogP contribution is 2.68. The van der Waals surface area contributed by atoms with E-state index in [1.165, 1.54) is 32.4 Å². The van der Waals surface area contributed by atoms with Crippen LogP contribution >= 0.6 is 0 Å². The fraction of sp³-hybridized carbons (Fsp3) is 1.00. The molecule has 4 saturated carbocycles. The molecule has 0 aromatic carbocycles. The summed E-state index contributed by atoms with van der Waals surface area (Å²) in [6.07, 6.45) is 8.78. The highest BCUT2D eigenvalue weighted by atomic mass is 16.3. The molecule has 4 nitrogen and oxygen atoms in total. The van der Waals surface area contributed by atoms with Crippen LogP contribution in [0, 0.1) is 52.8 Å². The molecule has 6 rings (SSSR count). The molecule has 4 aliphatic carbocycles. The topological polar surface area (TPSA) is 63.9 Å². The molecule has 0 bridgehead atoms. The van der Waals surface area contributed by atoms with E-state index in [0.29, 0.717) is 17.8 Å². The van der Waals surface area contributed by atoms with Crippen LogP contribution < -0.4 is 0 Å². The normalized spacial score (nSPS) is 61.5. The minimum atomic E-state index is -0.579. The van der Waals surface area contributed by atoms with Crippen molar-refractivity contribution in [3.05, 3.63) is 0 Å². The standard InChI is InChI=1S/C27H45NO3/c1-15-4-5-24-16(2)18-7-9-27(31)20(19(18)14-28(24)13-15)11-21-22(27)12-25(30)23-10-17(29)6-8-26(21,23)3/h15-25,29-31H,4-14H2,1-3H3. The first-order valence-corrected chi connectivity index (χ1v) is 13.5. The number of hydrogen-bond acceptors (Lipinski definition) is 4. The lowest BCUT2D eigenvalue weighted by atomic mass is 9.50. The van der Waals surface area contributed by atoms with Gasteiger partial charge in [-0.05, 0) is 111 Å². The van der Waals surface area contributed by atoms with E-state index in [1.54, 1.807) is 0 Å². The Kier molecular flexibility index (Phi) is 4.94. The summed E-state index contributed by atoms with van der Waals surface area (Å²) in [5.74, 6) is 4.30. The Hall–Kier alpha value is -0.160. The van der Waals surface area contributed by atoms with Gasteiger partial charge >= 0.3 is 0 Å². The Morgan fingerprint density at radius 2 is 1.58 bits per heavy atom. The first-order chi connectivity index (χ1) is 14.7. The van der Waals surface area contributed by atoms with Crippen LogP contribution in [0.1, 0.15) is 78.6 Å². The second kappa shape index (κ2) is 7.17. The molecule has 176 valence electrons. The van der Waals surface area contributed by atoms with Crippen LogP contribution in [0.2, 0.25) is 0 Å². The summed E-state index contributed by atoms with van der Waals surface area (Å²) < 4.78 is 0. The van der Waals surface area contributed by atoms with Crippen LogP contribution in [0.3, 0.4) is 0 Å². The molecule has 3 N–H and O–H groups in total. The number of aliphatic hydroxyl groups is 3. The Bertz CT molecular complexity index is 713. The van der Waals surface area contributed by atoms with Gasteiger partial charge in [0.1, 0.15) is 0 Å². The van der Waals surface area contributed by atoms with Gasteiger partial charge in [0.2, 0.25) is 0 Å². The van der Waals surface area contributed by atoms with E-state index in [1.807, 2.05) is 0 Å². The van der Waals surface area contributed by atoms with Gasteiger partial charge in [0.15, 0.2) is 0 Å². The van der Waals surface area contributed by atoms with Crippen molar-refractivity contribution in [1.82, 2.24) is 4.90 Å². The van der Waals surface area contributed by atoms with Crippen LogP contribution in [-0.2, 0) is 0 Å². The number of fused-ring (bicyclic) bond motifs is 8. The lowest BCUT2D eigenvalue weighted by Crippen LogP contribution is -2.62. The molecule has 0 radical (unpaired) electrons. The molecule has 0 spiro atoms. The van der Waals surface area contributed by atoms with Gasteiger partial charge in [0.05, 0.1) is 17.8 Å². The molecule has 0 amide bonds. The van der Waals surface area contributed by atoms with Crippen molar-refractivity contribution in [2.75, 3.05) is 13.1 Å². The minimum absolute atomic E-state index is 0.0760. The fourth-order valence-corrected chi connectivity index (χ4v) is 10.6. The van der Waals surface area contributed by atoms with Crippen LogP contribution in [0.4, 0.5) is 0 Å². The number of aliphatic hydroxyl groups excluding tert-OH is 2. The SMILES string of the molecule is CC1CCC2C(C)C3CCC4(O)C(CC5C4CC(O)C4CC(O)CCC45C)C3CN2C1. The monoisotopic (exact) mass is 431 g/mol. The number of piperidine rings is 2. The second-order valence-corrected chi connectivity index (χ2v) is 13.3. The van der Waals surface area contributed by atoms with Crippen molar-refractivity contribution in [3.63, 3.8) is 0 Å². The number of nitrogens with zero attached hydrogens (tertiary/aromatic N) is 1. The number of hydrogen-bond donors (Lipinski definition) is 3. The fourth-order valence-electron chi connectivity index (χ4n) is 10.6. The number of rotatable bonds is 0. The average Bonchev–Trinajstić information content (AvgIpc) is 3.03. The Balaban J connectivity index is 1.32. The predicted molar refractivity (Wildman–Crippen MR) is 121 cm³/mol. The van der Waals surface area contributed by atoms with E-state index in [4.69, 9.17) is 0 Å². The summed E-state index contributed by atoms with van der Waals surface area (Å²) in [6.45, 7) is 9.76. The van der Waals surface area contributed by atoms with Gasteiger partial charge in [-0.3, -0.25) is 4.90 Å². The van der Waals surface area contributed by atoms with Gasteiger partial charge in [0, 0.05) is 19.1 Å². The van der Waals surface area contributed by atoms with E-state index < -0.39 is 5.60 Å². The zero-order chi connectivity index (χ0) is 21.7. The summed E-state index contributed by atoms with van der Waals surface area (Å²) >= 11 is 0. The maximum atomic E-state index is 12.3. The summed E-state index contributed by atoms with van der Waals surface area (Å²) in [4.78, 5) is 2.81. The van der Waals surface area contributed by atoms with E-state index in [-0.39, 0.29) is 29.5 Å². The zero-order valence-electron chi connectivity index (χ0n) is 19.9. The largest absolute Gasteiger partial charge is 0.393 e. The smallest absolute Gasteiger partial charge is 0.0711 e. The van der Waals surface area contributed by atoms with Gasteiger partial charge in [-0.15, -0.1) is 0 Å². The van der Waals surface area contributed by atoms with Gasteiger partial charge in [-0.1, -0.05) is 20.8 Å². The Labute approximate surface area is 188 Å². The van der Waals surface area contributed by atoms with Crippen LogP contribution in [0.15, 0.2) is 0 Å². The van der Waals surface area contributed by atoms with E-state index in [9.17, 15) is 15.3 Å². The summed E-state index contributed by atoms with van der Waals surface area (Å²) in [5.41, 5.74) is -0.503. The van der Waals surface area contributed by atoms with Gasteiger partial charge in [-0.25, -0.2) is 0 Å². The molecular formula is C27H45NO3. The first-order valence-electron chi connectivity index (χ1n) is 13.5. The Morgan fingerprint density at radius 3 is 2.39 bits per heavy atom. The maximum absolute atomic E-state index is 12.3. The molecule has 6 aliphatic rings. The quantitative estimate of drug-likeness (QED) is 0.547. The molecule has 0 aromatic rings. The molecule has 6 fully saturated rings. The van der Waals surface area contributed by atoms with Crippen LogP contribution in [0.25, 0.3) is 0 Å². The summed E-state index contributed by atoms with van der Waals surface area (Å²) in [7, 11) is 0. The average molecular weight is 432 g/mol. The van der Waals surface area contributed by atoms with Crippen molar-refractivity contribution in [2.45, 2.75) is 102 Å². The van der Waals surface area contributed by atoms with E-state index in [0.717, 1.165) is 62.3 Å². The third-order valence-corrected chi connectivity index (χ3v) is 12.1. The highest BCUT2D eigenvalue weighted by molar-refractivity contribution is 5.17. The maximum Gasteiger partial charge on any atom is 0.0711 e. The van der Waals surface area contributed by atoms with Crippen molar-refractivity contribution >= 4 is 0 Å². The second-order valence-electron chi connectivity index (χ2n) is 13.3.